The summed E-state index contributed by atoms with van der Waals surface area (Å²) in [5.41, 5.74) is 2.06. The van der Waals surface area contributed by atoms with Crippen molar-refractivity contribution in [3.05, 3.63) is 28.5 Å². The topological polar surface area (TPSA) is 12.9 Å². The van der Waals surface area contributed by atoms with Crippen LogP contribution in [0.5, 0.6) is 0 Å². The van der Waals surface area contributed by atoms with Crippen molar-refractivity contribution < 1.29 is 0 Å². The molecule has 0 unspecified atom stereocenters. The van der Waals surface area contributed by atoms with E-state index in [1.807, 2.05) is 6.92 Å². The van der Waals surface area contributed by atoms with Crippen LogP contribution in [0.1, 0.15) is 11.3 Å². The van der Waals surface area contributed by atoms with Gasteiger partial charge < -0.3 is 0 Å². The third kappa shape index (κ3) is 1.50. The van der Waals surface area contributed by atoms with Crippen molar-refractivity contribution in [2.24, 2.45) is 0 Å². The monoisotopic (exact) mass is 219 g/mol. The lowest BCUT2D eigenvalue weighted by atomic mass is 10.2. The van der Waals surface area contributed by atoms with Crippen molar-refractivity contribution in [3.63, 3.8) is 0 Å². The number of aromatic nitrogens is 1. The van der Waals surface area contributed by atoms with E-state index in [0.717, 1.165) is 21.6 Å². The molecule has 1 aromatic rings. The molecular formula is C7H7BrClN. The summed E-state index contributed by atoms with van der Waals surface area (Å²) in [6.07, 6.45) is 1.71. The quantitative estimate of drug-likeness (QED) is 0.663. The van der Waals surface area contributed by atoms with E-state index in [0.29, 0.717) is 0 Å². The van der Waals surface area contributed by atoms with Gasteiger partial charge in [0.1, 0.15) is 0 Å². The first-order valence-electron chi connectivity index (χ1n) is 2.91. The molecule has 0 saturated heterocycles. The van der Waals surface area contributed by atoms with Gasteiger partial charge in [-0.15, -0.1) is 0 Å². The summed E-state index contributed by atoms with van der Waals surface area (Å²) >= 11 is 9.19. The zero-order valence-electron chi connectivity index (χ0n) is 5.56. The Morgan fingerprint density at radius 3 is 2.80 bits per heavy atom. The summed E-state index contributed by atoms with van der Waals surface area (Å²) in [5.74, 6) is 0. The van der Waals surface area contributed by atoms with Gasteiger partial charge in [0.2, 0.25) is 0 Å². The summed E-state index contributed by atoms with van der Waals surface area (Å²) in [6, 6.07) is 1.80. The lowest BCUT2D eigenvalue weighted by molar-refractivity contribution is 1.14. The molecule has 0 spiro atoms. The second-order valence-corrected chi connectivity index (χ2v) is 2.96. The molecule has 0 aliphatic heterocycles. The Balaban J connectivity index is 3.17. The highest BCUT2D eigenvalue weighted by Crippen LogP contribution is 2.19. The van der Waals surface area contributed by atoms with Crippen LogP contribution >= 0.6 is 27.5 Å². The summed E-state index contributed by atoms with van der Waals surface area (Å²) < 4.78 is 0. The van der Waals surface area contributed by atoms with Gasteiger partial charge in [-0.1, -0.05) is 27.5 Å². The summed E-state index contributed by atoms with van der Waals surface area (Å²) in [7, 11) is 0. The molecule has 0 radical (unpaired) electrons. The minimum Gasteiger partial charge on any atom is -0.261 e. The van der Waals surface area contributed by atoms with E-state index in [1.54, 1.807) is 12.3 Å². The molecule has 0 N–H and O–H groups in total. The highest BCUT2D eigenvalue weighted by molar-refractivity contribution is 9.08. The summed E-state index contributed by atoms with van der Waals surface area (Å²) in [5, 5.41) is 1.55. The summed E-state index contributed by atoms with van der Waals surface area (Å²) in [6.45, 7) is 1.95. The van der Waals surface area contributed by atoms with Crippen LogP contribution in [0.2, 0.25) is 5.02 Å². The third-order valence-corrected chi connectivity index (χ3v) is 2.26. The van der Waals surface area contributed by atoms with E-state index in [4.69, 9.17) is 11.6 Å². The lowest BCUT2D eigenvalue weighted by Gasteiger charge is -2.01. The van der Waals surface area contributed by atoms with E-state index in [1.165, 1.54) is 0 Å². The normalized spacial score (nSPS) is 9.90. The van der Waals surface area contributed by atoms with Crippen LogP contribution in [-0.4, -0.2) is 4.98 Å². The maximum atomic E-state index is 5.86. The number of pyridine rings is 1. The number of hydrogen-bond acceptors (Lipinski definition) is 1. The molecule has 1 aromatic heterocycles. The zero-order valence-corrected chi connectivity index (χ0v) is 7.91. The number of halogens is 2. The second-order valence-electron chi connectivity index (χ2n) is 1.99. The molecule has 0 aromatic carbocycles. The molecule has 54 valence electrons. The molecule has 0 aliphatic rings. The van der Waals surface area contributed by atoms with Gasteiger partial charge in [-0.2, -0.15) is 0 Å². The molecule has 1 nitrogen and oxygen atoms in total. The first-order valence-corrected chi connectivity index (χ1v) is 4.41. The predicted octanol–water partition coefficient (Wildman–Crippen LogP) is 2.94. The first kappa shape index (κ1) is 8.02. The second kappa shape index (κ2) is 3.35. The number of hydrogen-bond donors (Lipinski definition) is 0. The molecule has 1 heterocycles. The van der Waals surface area contributed by atoms with Gasteiger partial charge in [0.05, 0.1) is 0 Å². The SMILES string of the molecule is Cc1nccc(Cl)c1CBr. The summed E-state index contributed by atoms with van der Waals surface area (Å²) in [4.78, 5) is 4.10. The Morgan fingerprint density at radius 2 is 2.40 bits per heavy atom. The number of rotatable bonds is 1. The minimum absolute atomic E-state index is 0.769. The molecule has 0 bridgehead atoms. The first-order chi connectivity index (χ1) is 4.75. The molecule has 0 aliphatic carbocycles. The maximum Gasteiger partial charge on any atom is 0.0479 e. The van der Waals surface area contributed by atoms with Crippen molar-refractivity contribution in [1.82, 2.24) is 4.98 Å². The van der Waals surface area contributed by atoms with E-state index in [-0.39, 0.29) is 0 Å². The standard InChI is InChI=1S/C7H7BrClN/c1-5-6(4-8)7(9)2-3-10-5/h2-3H,4H2,1H3. The molecule has 3 heteroatoms. The van der Waals surface area contributed by atoms with Gasteiger partial charge in [-0.05, 0) is 13.0 Å². The van der Waals surface area contributed by atoms with Crippen molar-refractivity contribution in [1.29, 1.82) is 0 Å². The Kier molecular flexibility index (Phi) is 2.69. The van der Waals surface area contributed by atoms with E-state index >= 15 is 0 Å². The van der Waals surface area contributed by atoms with Crippen LogP contribution in [0.15, 0.2) is 12.3 Å². The largest absolute Gasteiger partial charge is 0.261 e. The average molecular weight is 220 g/mol. The number of nitrogens with zero attached hydrogens (tertiary/aromatic N) is 1. The van der Waals surface area contributed by atoms with Gasteiger partial charge in [-0.3, -0.25) is 4.98 Å². The minimum atomic E-state index is 0.769. The Labute approximate surface area is 73.6 Å². The van der Waals surface area contributed by atoms with E-state index in [2.05, 4.69) is 20.9 Å². The Morgan fingerprint density at radius 1 is 1.70 bits per heavy atom. The van der Waals surface area contributed by atoms with E-state index in [9.17, 15) is 0 Å². The van der Waals surface area contributed by atoms with Crippen LogP contribution < -0.4 is 0 Å². The zero-order chi connectivity index (χ0) is 7.56. The van der Waals surface area contributed by atoms with Crippen LogP contribution in [0.25, 0.3) is 0 Å². The highest BCUT2D eigenvalue weighted by atomic mass is 79.9. The van der Waals surface area contributed by atoms with Crippen molar-refractivity contribution >= 4 is 27.5 Å². The number of alkyl halides is 1. The predicted molar refractivity (Wildman–Crippen MR) is 46.6 cm³/mol. The van der Waals surface area contributed by atoms with Crippen LogP contribution in [-0.2, 0) is 5.33 Å². The molecule has 0 fully saturated rings. The van der Waals surface area contributed by atoms with E-state index < -0.39 is 0 Å². The Hall–Kier alpha value is -0.0800. The lowest BCUT2D eigenvalue weighted by Crippen LogP contribution is -1.88. The maximum absolute atomic E-state index is 5.86. The molecule has 0 atom stereocenters. The number of aryl methyl sites for hydroxylation is 1. The van der Waals surface area contributed by atoms with Crippen LogP contribution in [0, 0.1) is 6.92 Å². The van der Waals surface area contributed by atoms with Gasteiger partial charge in [0.15, 0.2) is 0 Å². The van der Waals surface area contributed by atoms with Gasteiger partial charge in [-0.25, -0.2) is 0 Å². The van der Waals surface area contributed by atoms with Crippen LogP contribution in [0.3, 0.4) is 0 Å². The Bertz CT molecular complexity index is 217. The van der Waals surface area contributed by atoms with Crippen molar-refractivity contribution in [2.45, 2.75) is 12.3 Å². The van der Waals surface area contributed by atoms with Crippen LogP contribution in [0.4, 0.5) is 0 Å². The van der Waals surface area contributed by atoms with Gasteiger partial charge >= 0.3 is 0 Å². The smallest absolute Gasteiger partial charge is 0.0479 e. The van der Waals surface area contributed by atoms with Crippen molar-refractivity contribution in [3.8, 4) is 0 Å². The third-order valence-electron chi connectivity index (χ3n) is 1.35. The molecule has 1 rings (SSSR count). The molecule has 10 heavy (non-hydrogen) atoms. The molecule has 0 saturated carbocycles. The fourth-order valence-corrected chi connectivity index (χ4v) is 1.86. The fraction of sp³-hybridized carbons (Fsp3) is 0.286. The van der Waals surface area contributed by atoms with Gasteiger partial charge in [0, 0.05) is 27.8 Å². The highest BCUT2D eigenvalue weighted by Gasteiger charge is 2.00. The average Bonchev–Trinajstić information content (AvgIpc) is 1.88. The van der Waals surface area contributed by atoms with Gasteiger partial charge in [0.25, 0.3) is 0 Å². The van der Waals surface area contributed by atoms with Crippen molar-refractivity contribution in [2.75, 3.05) is 0 Å². The molecular weight excluding hydrogens is 213 g/mol. The molecule has 0 amide bonds. The fourth-order valence-electron chi connectivity index (χ4n) is 0.726.